The van der Waals surface area contributed by atoms with E-state index in [1.165, 1.54) is 0 Å². The van der Waals surface area contributed by atoms with Crippen molar-refractivity contribution in [1.29, 1.82) is 0 Å². The van der Waals surface area contributed by atoms with E-state index in [9.17, 15) is 32.9 Å². The fraction of sp³-hybridized carbons (Fsp3) is 0.333. The molecule has 13 heteroatoms. The number of benzene rings is 1. The first kappa shape index (κ1) is 21.4. The maximum atomic E-state index is 13.1. The number of amides is 1. The minimum absolute atomic E-state index is 0.166. The van der Waals surface area contributed by atoms with Gasteiger partial charge < -0.3 is 20.1 Å². The molecule has 1 amide bonds. The lowest BCUT2D eigenvalue weighted by molar-refractivity contribution is -0.384. The molecule has 152 valence electrons. The van der Waals surface area contributed by atoms with Gasteiger partial charge in [-0.15, -0.1) is 0 Å². The summed E-state index contributed by atoms with van der Waals surface area (Å²) in [6.07, 6.45) is -4.91. The molecule has 9 nitrogen and oxygen atoms in total. The van der Waals surface area contributed by atoms with Crippen LogP contribution in [0.5, 0.6) is 0 Å². The highest BCUT2D eigenvalue weighted by Crippen LogP contribution is 2.41. The molecule has 28 heavy (non-hydrogen) atoms. The number of hydrogen-bond donors (Lipinski definition) is 2. The molecule has 0 fully saturated rings. The highest BCUT2D eigenvalue weighted by Gasteiger charge is 2.38. The van der Waals surface area contributed by atoms with Crippen molar-refractivity contribution in [3.63, 3.8) is 0 Å². The van der Waals surface area contributed by atoms with Crippen molar-refractivity contribution in [3.8, 4) is 0 Å². The zero-order valence-electron chi connectivity index (χ0n) is 14.2. The predicted octanol–water partition coefficient (Wildman–Crippen LogP) is 1.94. The Morgan fingerprint density at radius 1 is 1.46 bits per heavy atom. The second-order valence-corrected chi connectivity index (χ2v) is 5.93. The molecule has 1 aromatic rings. The highest BCUT2D eigenvalue weighted by atomic mass is 35.5. The maximum absolute atomic E-state index is 13.1. The molecule has 1 aliphatic heterocycles. The van der Waals surface area contributed by atoms with Gasteiger partial charge in [0.05, 0.1) is 41.3 Å². The smallest absolute Gasteiger partial charge is 0.417 e. The van der Waals surface area contributed by atoms with Crippen LogP contribution in [0.25, 0.3) is 0 Å². The van der Waals surface area contributed by atoms with Crippen LogP contribution in [-0.4, -0.2) is 53.6 Å². The number of β-amino-alcohol motifs (C(OH)–C–C–N with tert-alkyl or cyclic N) is 1. The number of methoxy groups -OCH3 is 1. The predicted molar refractivity (Wildman–Crippen MR) is 89.4 cm³/mol. The summed E-state index contributed by atoms with van der Waals surface area (Å²) in [5.41, 5.74) is -3.61. The molecule has 0 spiro atoms. The molecule has 0 atom stereocenters. The first-order valence-corrected chi connectivity index (χ1v) is 7.92. The molecule has 2 rings (SSSR count). The summed E-state index contributed by atoms with van der Waals surface area (Å²) < 4.78 is 43.8. The van der Waals surface area contributed by atoms with Gasteiger partial charge in [0.2, 0.25) is 0 Å². The number of halogens is 4. The molecule has 1 aromatic carbocycles. The average molecular weight is 424 g/mol. The van der Waals surface area contributed by atoms with Gasteiger partial charge in [-0.05, 0) is 6.07 Å². The van der Waals surface area contributed by atoms with Crippen molar-refractivity contribution in [3.05, 3.63) is 44.1 Å². The summed E-state index contributed by atoms with van der Waals surface area (Å²) in [6, 6.07) is 0.875. The van der Waals surface area contributed by atoms with Gasteiger partial charge in [0, 0.05) is 12.6 Å². The number of esters is 1. The Hall–Kier alpha value is -2.86. The van der Waals surface area contributed by atoms with E-state index < -0.39 is 57.2 Å². The topological polar surface area (TPSA) is 122 Å². The number of hydrogen-bond acceptors (Lipinski definition) is 7. The monoisotopic (exact) mass is 423 g/mol. The fourth-order valence-corrected chi connectivity index (χ4v) is 2.78. The molecule has 0 saturated heterocycles. The van der Waals surface area contributed by atoms with Crippen molar-refractivity contribution in [2.75, 3.05) is 32.1 Å². The number of ether oxygens (including phenoxy) is 1. The SMILES string of the molecule is COC(=O)C1=C(Nc2cc(C(F)(F)F)c(Cl)cc2[N+](=O)[O-])C(=O)N(CCO)C1. The van der Waals surface area contributed by atoms with Crippen LogP contribution in [0.2, 0.25) is 5.02 Å². The number of rotatable bonds is 6. The standard InChI is InChI=1S/C15H13ClF3N3O6/c1-28-14(25)7-6-21(2-3-23)13(24)12(7)20-10-4-8(15(17,18)19)9(16)5-11(10)22(26)27/h4-5,20,23H,2-3,6H2,1H3. The number of carbonyl (C=O) groups excluding carboxylic acids is 2. The Bertz CT molecular complexity index is 871. The van der Waals surface area contributed by atoms with Gasteiger partial charge >= 0.3 is 12.1 Å². The molecule has 1 heterocycles. The van der Waals surface area contributed by atoms with Gasteiger partial charge in [-0.2, -0.15) is 13.2 Å². The van der Waals surface area contributed by atoms with E-state index >= 15 is 0 Å². The lowest BCUT2D eigenvalue weighted by Crippen LogP contribution is -2.31. The Kier molecular flexibility index (Phi) is 6.14. The van der Waals surface area contributed by atoms with E-state index in [0.717, 1.165) is 12.0 Å². The fourth-order valence-electron chi connectivity index (χ4n) is 2.51. The van der Waals surface area contributed by atoms with Crippen LogP contribution in [0.3, 0.4) is 0 Å². The van der Waals surface area contributed by atoms with Gasteiger partial charge in [0.1, 0.15) is 11.4 Å². The van der Waals surface area contributed by atoms with Crippen molar-refractivity contribution < 1.29 is 37.5 Å². The second-order valence-electron chi connectivity index (χ2n) is 5.52. The molecule has 0 bridgehead atoms. The molecule has 2 N–H and O–H groups in total. The van der Waals surface area contributed by atoms with E-state index in [-0.39, 0.29) is 18.7 Å². The van der Waals surface area contributed by atoms with Crippen LogP contribution >= 0.6 is 11.6 Å². The van der Waals surface area contributed by atoms with Crippen LogP contribution < -0.4 is 5.32 Å². The van der Waals surface area contributed by atoms with E-state index in [1.54, 1.807) is 0 Å². The summed E-state index contributed by atoms with van der Waals surface area (Å²) in [7, 11) is 1.03. The van der Waals surface area contributed by atoms with Gasteiger partial charge in [0.25, 0.3) is 11.6 Å². The Labute approximate surface area is 160 Å². The molecule has 0 unspecified atom stereocenters. The zero-order chi connectivity index (χ0) is 21.2. The van der Waals surface area contributed by atoms with Crippen LogP contribution in [-0.2, 0) is 20.5 Å². The number of anilines is 1. The quantitative estimate of drug-likeness (QED) is 0.407. The third kappa shape index (κ3) is 4.17. The van der Waals surface area contributed by atoms with E-state index in [0.29, 0.717) is 12.1 Å². The van der Waals surface area contributed by atoms with Gasteiger partial charge in [-0.25, -0.2) is 4.79 Å². The van der Waals surface area contributed by atoms with Crippen LogP contribution in [0, 0.1) is 10.1 Å². The molecular weight excluding hydrogens is 411 g/mol. The number of nitro groups is 1. The average Bonchev–Trinajstić information content (AvgIpc) is 2.91. The molecule has 0 saturated carbocycles. The van der Waals surface area contributed by atoms with E-state index in [1.807, 2.05) is 0 Å². The Balaban J connectivity index is 2.58. The maximum Gasteiger partial charge on any atom is 0.417 e. The lowest BCUT2D eigenvalue weighted by atomic mass is 10.1. The molecule has 0 aliphatic carbocycles. The lowest BCUT2D eigenvalue weighted by Gasteiger charge is -2.16. The van der Waals surface area contributed by atoms with Crippen molar-refractivity contribution in [2.24, 2.45) is 0 Å². The normalized spacial score (nSPS) is 14.5. The largest absolute Gasteiger partial charge is 0.466 e. The van der Waals surface area contributed by atoms with Crippen molar-refractivity contribution in [2.45, 2.75) is 6.18 Å². The highest BCUT2D eigenvalue weighted by molar-refractivity contribution is 6.31. The first-order chi connectivity index (χ1) is 13.0. The minimum atomic E-state index is -4.91. The first-order valence-electron chi connectivity index (χ1n) is 7.55. The summed E-state index contributed by atoms with van der Waals surface area (Å²) in [5.74, 6) is -1.80. The number of aliphatic hydroxyl groups excluding tert-OH is 1. The minimum Gasteiger partial charge on any atom is -0.466 e. The van der Waals surface area contributed by atoms with Crippen LogP contribution in [0.4, 0.5) is 24.5 Å². The molecule has 0 aromatic heterocycles. The molecule has 1 aliphatic rings. The molecule has 0 radical (unpaired) electrons. The number of carbonyl (C=O) groups is 2. The summed E-state index contributed by atoms with van der Waals surface area (Å²) in [5, 5.41) is 21.6. The summed E-state index contributed by atoms with van der Waals surface area (Å²) in [6.45, 7) is -0.893. The summed E-state index contributed by atoms with van der Waals surface area (Å²) in [4.78, 5) is 35.6. The van der Waals surface area contributed by atoms with E-state index in [2.05, 4.69) is 10.1 Å². The van der Waals surface area contributed by atoms with Gasteiger partial charge in [-0.1, -0.05) is 11.6 Å². The third-order valence-corrected chi connectivity index (χ3v) is 4.11. The Morgan fingerprint density at radius 3 is 2.61 bits per heavy atom. The van der Waals surface area contributed by atoms with Gasteiger partial charge in [-0.3, -0.25) is 14.9 Å². The molecular formula is C15H13ClF3N3O6. The van der Waals surface area contributed by atoms with E-state index in [4.69, 9.17) is 16.7 Å². The van der Waals surface area contributed by atoms with Gasteiger partial charge in [0.15, 0.2) is 0 Å². The van der Waals surface area contributed by atoms with Crippen LogP contribution in [0.1, 0.15) is 5.56 Å². The number of nitrogens with zero attached hydrogens (tertiary/aromatic N) is 2. The Morgan fingerprint density at radius 2 is 2.11 bits per heavy atom. The zero-order valence-corrected chi connectivity index (χ0v) is 14.9. The second kappa shape index (κ2) is 8.02. The summed E-state index contributed by atoms with van der Waals surface area (Å²) >= 11 is 5.50. The van der Waals surface area contributed by atoms with Crippen LogP contribution in [0.15, 0.2) is 23.4 Å². The number of nitro benzene ring substituents is 1. The number of alkyl halides is 3. The van der Waals surface area contributed by atoms with Crippen molar-refractivity contribution in [1.82, 2.24) is 4.90 Å². The third-order valence-electron chi connectivity index (χ3n) is 3.80. The van der Waals surface area contributed by atoms with Crippen molar-refractivity contribution >= 4 is 34.9 Å². The number of aliphatic hydroxyl groups is 1. The number of nitrogens with one attached hydrogen (secondary N) is 1.